The molecular formula is C19H19FN2O3S. The molecule has 0 radical (unpaired) electrons. The van der Waals surface area contributed by atoms with Gasteiger partial charge in [-0.15, -0.1) is 11.8 Å². The van der Waals surface area contributed by atoms with Crippen LogP contribution in [-0.4, -0.2) is 30.3 Å². The van der Waals surface area contributed by atoms with E-state index < -0.39 is 17.6 Å². The third-order valence-electron chi connectivity index (χ3n) is 3.99. The fraction of sp³-hybridized carbons (Fsp3) is 0.263. The van der Waals surface area contributed by atoms with Gasteiger partial charge >= 0.3 is 0 Å². The number of halogens is 1. The zero-order chi connectivity index (χ0) is 18.4. The Kier molecular flexibility index (Phi) is 6.25. The first-order valence-corrected chi connectivity index (χ1v) is 9.32. The van der Waals surface area contributed by atoms with Crippen LogP contribution < -0.4 is 10.9 Å². The van der Waals surface area contributed by atoms with Crippen LogP contribution in [0.1, 0.15) is 33.6 Å². The number of hydrazine groups is 1. The first-order valence-electron chi connectivity index (χ1n) is 8.34. The van der Waals surface area contributed by atoms with Gasteiger partial charge < -0.3 is 4.74 Å². The Morgan fingerprint density at radius 3 is 2.38 bits per heavy atom. The number of amides is 2. The molecule has 2 amide bonds. The van der Waals surface area contributed by atoms with Crippen molar-refractivity contribution < 1.29 is 18.7 Å². The van der Waals surface area contributed by atoms with Crippen LogP contribution in [0.4, 0.5) is 4.39 Å². The molecule has 1 fully saturated rings. The van der Waals surface area contributed by atoms with E-state index in [-0.39, 0.29) is 11.7 Å². The second-order valence-corrected chi connectivity index (χ2v) is 6.89. The Morgan fingerprint density at radius 2 is 1.69 bits per heavy atom. The Morgan fingerprint density at radius 1 is 1.04 bits per heavy atom. The average Bonchev–Trinajstić information content (AvgIpc) is 3.18. The highest BCUT2D eigenvalue weighted by Crippen LogP contribution is 2.26. The van der Waals surface area contributed by atoms with E-state index in [1.807, 2.05) is 12.1 Å². The monoisotopic (exact) mass is 374 g/mol. The van der Waals surface area contributed by atoms with Gasteiger partial charge in [0.25, 0.3) is 11.8 Å². The number of thioether (sulfide) groups is 1. The number of ether oxygens (including phenoxy) is 1. The van der Waals surface area contributed by atoms with E-state index >= 15 is 0 Å². The number of benzene rings is 2. The van der Waals surface area contributed by atoms with Crippen molar-refractivity contribution in [2.45, 2.75) is 23.8 Å². The summed E-state index contributed by atoms with van der Waals surface area (Å²) in [5, 5.41) is 0. The van der Waals surface area contributed by atoms with Gasteiger partial charge in [-0.25, -0.2) is 4.39 Å². The van der Waals surface area contributed by atoms with Crippen LogP contribution in [0.3, 0.4) is 0 Å². The quantitative estimate of drug-likeness (QED) is 0.623. The summed E-state index contributed by atoms with van der Waals surface area (Å²) in [6.07, 6.45) is 2.30. The van der Waals surface area contributed by atoms with Crippen molar-refractivity contribution in [2.24, 2.45) is 0 Å². The van der Waals surface area contributed by atoms with Crippen LogP contribution >= 0.6 is 11.8 Å². The van der Waals surface area contributed by atoms with Gasteiger partial charge in [-0.1, -0.05) is 24.3 Å². The first-order chi connectivity index (χ1) is 12.6. The number of carbonyl (C=O) groups excluding carboxylic acids is 2. The Hall–Kier alpha value is -2.38. The highest BCUT2D eigenvalue weighted by atomic mass is 32.2. The molecule has 7 heteroatoms. The molecule has 26 heavy (non-hydrogen) atoms. The fourth-order valence-electron chi connectivity index (χ4n) is 2.63. The maximum atomic E-state index is 13.6. The van der Waals surface area contributed by atoms with Gasteiger partial charge in [0, 0.05) is 17.3 Å². The lowest BCUT2D eigenvalue weighted by Crippen LogP contribution is -2.42. The average molecular weight is 374 g/mol. The Balaban J connectivity index is 1.60. The first kappa shape index (κ1) is 18.4. The Labute approximate surface area is 155 Å². The van der Waals surface area contributed by atoms with E-state index in [0.29, 0.717) is 5.56 Å². The molecule has 0 aromatic heterocycles. The number of rotatable bonds is 5. The second kappa shape index (κ2) is 8.82. The molecule has 0 saturated carbocycles. The second-order valence-electron chi connectivity index (χ2n) is 5.83. The number of carbonyl (C=O) groups is 2. The predicted octanol–water partition coefficient (Wildman–Crippen LogP) is 3.17. The summed E-state index contributed by atoms with van der Waals surface area (Å²) in [7, 11) is 0. The summed E-state index contributed by atoms with van der Waals surface area (Å²) in [5.41, 5.74) is 4.91. The molecule has 2 aromatic rings. The third-order valence-corrected chi connectivity index (χ3v) is 5.19. The van der Waals surface area contributed by atoms with Gasteiger partial charge in [0.05, 0.1) is 17.2 Å². The standard InChI is InChI=1S/C19H19FN2O3S/c20-16-9-3-1-7-14(16)18(23)21-22-19(24)15-8-2-4-10-17(15)26-12-13-6-5-11-25-13/h1-4,7-10,13H,5-6,11-12H2,(H,21,23)(H,22,24). The molecular weight excluding hydrogens is 355 g/mol. The molecule has 2 N–H and O–H groups in total. The van der Waals surface area contributed by atoms with Crippen LogP contribution in [0.25, 0.3) is 0 Å². The molecule has 136 valence electrons. The van der Waals surface area contributed by atoms with Crippen molar-refractivity contribution in [3.05, 3.63) is 65.5 Å². The molecule has 1 heterocycles. The number of nitrogens with one attached hydrogen (secondary N) is 2. The largest absolute Gasteiger partial charge is 0.377 e. The summed E-state index contributed by atoms with van der Waals surface area (Å²) in [6.45, 7) is 0.787. The lowest BCUT2D eigenvalue weighted by atomic mass is 10.2. The minimum absolute atomic E-state index is 0.131. The van der Waals surface area contributed by atoms with Crippen LogP contribution in [0.15, 0.2) is 53.4 Å². The van der Waals surface area contributed by atoms with Crippen LogP contribution in [0.2, 0.25) is 0 Å². The van der Waals surface area contributed by atoms with Crippen molar-refractivity contribution >= 4 is 23.6 Å². The summed E-state index contributed by atoms with van der Waals surface area (Å²) in [6, 6.07) is 12.7. The molecule has 0 bridgehead atoms. The van der Waals surface area contributed by atoms with Gasteiger partial charge in [0.15, 0.2) is 0 Å². The maximum absolute atomic E-state index is 13.6. The normalized spacial score (nSPS) is 16.3. The van der Waals surface area contributed by atoms with E-state index in [1.54, 1.807) is 30.0 Å². The van der Waals surface area contributed by atoms with E-state index in [2.05, 4.69) is 10.9 Å². The van der Waals surface area contributed by atoms with Gasteiger partial charge in [0.1, 0.15) is 5.82 Å². The summed E-state index contributed by atoms with van der Waals surface area (Å²) >= 11 is 1.55. The van der Waals surface area contributed by atoms with Gasteiger partial charge in [-0.3, -0.25) is 20.4 Å². The third kappa shape index (κ3) is 4.62. The molecule has 1 aliphatic rings. The van der Waals surface area contributed by atoms with Crippen molar-refractivity contribution in [2.75, 3.05) is 12.4 Å². The van der Waals surface area contributed by atoms with E-state index in [0.717, 1.165) is 30.1 Å². The zero-order valence-electron chi connectivity index (χ0n) is 14.0. The summed E-state index contributed by atoms with van der Waals surface area (Å²) in [5.74, 6) is -1.04. The molecule has 1 saturated heterocycles. The van der Waals surface area contributed by atoms with Crippen LogP contribution in [0, 0.1) is 5.82 Å². The molecule has 2 aromatic carbocycles. The zero-order valence-corrected chi connectivity index (χ0v) is 14.9. The highest BCUT2D eigenvalue weighted by molar-refractivity contribution is 7.99. The number of hydrogen-bond donors (Lipinski definition) is 2. The minimum atomic E-state index is -0.707. The van der Waals surface area contributed by atoms with E-state index in [1.165, 1.54) is 18.2 Å². The highest BCUT2D eigenvalue weighted by Gasteiger charge is 2.18. The molecule has 1 unspecified atom stereocenters. The minimum Gasteiger partial charge on any atom is -0.377 e. The van der Waals surface area contributed by atoms with E-state index in [9.17, 15) is 14.0 Å². The van der Waals surface area contributed by atoms with E-state index in [4.69, 9.17) is 4.74 Å². The van der Waals surface area contributed by atoms with Crippen LogP contribution in [0.5, 0.6) is 0 Å². The molecule has 3 rings (SSSR count). The van der Waals surface area contributed by atoms with Gasteiger partial charge in [0.2, 0.25) is 0 Å². The molecule has 1 atom stereocenters. The van der Waals surface area contributed by atoms with Crippen LogP contribution in [-0.2, 0) is 4.74 Å². The SMILES string of the molecule is O=C(NNC(=O)c1ccccc1SCC1CCCO1)c1ccccc1F. The molecule has 0 spiro atoms. The Bertz CT molecular complexity index is 794. The van der Waals surface area contributed by atoms with Crippen molar-refractivity contribution in [3.63, 3.8) is 0 Å². The molecule has 0 aliphatic carbocycles. The lowest BCUT2D eigenvalue weighted by molar-refractivity contribution is 0.0842. The predicted molar refractivity (Wildman–Crippen MR) is 97.5 cm³/mol. The van der Waals surface area contributed by atoms with Gasteiger partial charge in [-0.2, -0.15) is 0 Å². The summed E-state index contributed by atoms with van der Waals surface area (Å²) in [4.78, 5) is 25.2. The number of hydrogen-bond acceptors (Lipinski definition) is 4. The summed E-state index contributed by atoms with van der Waals surface area (Å²) < 4.78 is 19.2. The molecule has 5 nitrogen and oxygen atoms in total. The fourth-order valence-corrected chi connectivity index (χ4v) is 3.75. The maximum Gasteiger partial charge on any atom is 0.272 e. The topological polar surface area (TPSA) is 67.4 Å². The van der Waals surface area contributed by atoms with Gasteiger partial charge in [-0.05, 0) is 37.1 Å². The molecule has 1 aliphatic heterocycles. The van der Waals surface area contributed by atoms with Crippen molar-refractivity contribution in [3.8, 4) is 0 Å². The van der Waals surface area contributed by atoms with Crippen molar-refractivity contribution in [1.82, 2.24) is 10.9 Å². The smallest absolute Gasteiger partial charge is 0.272 e. The van der Waals surface area contributed by atoms with Crippen molar-refractivity contribution in [1.29, 1.82) is 0 Å². The lowest BCUT2D eigenvalue weighted by Gasteiger charge is -2.13.